The van der Waals surface area contributed by atoms with Gasteiger partial charge in [-0.2, -0.15) is 0 Å². The number of carboxylic acid groups (broad SMARTS) is 1. The molecule has 0 aliphatic carbocycles. The molecule has 5 heteroatoms. The van der Waals surface area contributed by atoms with Gasteiger partial charge in [0.25, 0.3) is 0 Å². The Balaban J connectivity index is 1.64. The molecule has 0 radical (unpaired) electrons. The molecule has 0 aliphatic heterocycles. The van der Waals surface area contributed by atoms with Crippen LogP contribution in [-0.2, 0) is 13.2 Å². The van der Waals surface area contributed by atoms with Gasteiger partial charge < -0.3 is 15.2 Å². The van der Waals surface area contributed by atoms with Gasteiger partial charge in [-0.1, -0.05) is 48.0 Å². The highest BCUT2D eigenvalue weighted by Gasteiger charge is 2.06. The summed E-state index contributed by atoms with van der Waals surface area (Å²) in [5, 5.41) is 13.0. The third-order valence-corrected chi connectivity index (χ3v) is 4.63. The second kappa shape index (κ2) is 8.60. The van der Waals surface area contributed by atoms with Gasteiger partial charge in [-0.25, -0.2) is 4.79 Å². The van der Waals surface area contributed by atoms with E-state index in [2.05, 4.69) is 5.32 Å². The van der Waals surface area contributed by atoms with Gasteiger partial charge in [0.05, 0.1) is 5.56 Å². The molecule has 3 rings (SSSR count). The largest absolute Gasteiger partial charge is 0.489 e. The Morgan fingerprint density at radius 1 is 1.07 bits per heavy atom. The number of rotatable bonds is 7. The number of aromatic carboxylic acids is 1. The molecule has 0 aromatic heterocycles. The molecule has 138 valence electrons. The van der Waals surface area contributed by atoms with Crippen molar-refractivity contribution in [2.45, 2.75) is 20.1 Å². The average molecular weight is 382 g/mol. The van der Waals surface area contributed by atoms with Gasteiger partial charge in [0.1, 0.15) is 12.4 Å². The van der Waals surface area contributed by atoms with E-state index >= 15 is 0 Å². The quantitative estimate of drug-likeness (QED) is 0.564. The number of anilines is 1. The van der Waals surface area contributed by atoms with E-state index in [0.717, 1.165) is 33.1 Å². The first-order chi connectivity index (χ1) is 13.0. The van der Waals surface area contributed by atoms with Crippen LogP contribution in [0.15, 0.2) is 66.7 Å². The maximum absolute atomic E-state index is 10.9. The third kappa shape index (κ3) is 5.02. The van der Waals surface area contributed by atoms with Crippen molar-refractivity contribution in [1.82, 2.24) is 0 Å². The minimum absolute atomic E-state index is 0.264. The van der Waals surface area contributed by atoms with Crippen LogP contribution in [0.3, 0.4) is 0 Å². The van der Waals surface area contributed by atoms with Crippen LogP contribution in [-0.4, -0.2) is 11.1 Å². The topological polar surface area (TPSA) is 58.6 Å². The molecule has 0 bridgehead atoms. The smallest absolute Gasteiger partial charge is 0.335 e. The zero-order chi connectivity index (χ0) is 19.2. The molecule has 0 amide bonds. The van der Waals surface area contributed by atoms with Gasteiger partial charge in [0.2, 0.25) is 0 Å². The maximum Gasteiger partial charge on any atom is 0.335 e. The number of nitrogens with one attached hydrogen (secondary N) is 1. The van der Waals surface area contributed by atoms with Crippen molar-refractivity contribution in [3.63, 3.8) is 0 Å². The highest BCUT2D eigenvalue weighted by Crippen LogP contribution is 2.23. The van der Waals surface area contributed by atoms with E-state index in [1.54, 1.807) is 24.3 Å². The van der Waals surface area contributed by atoms with E-state index in [0.29, 0.717) is 13.2 Å². The molecule has 0 saturated heterocycles. The molecule has 0 saturated carbocycles. The molecule has 0 heterocycles. The van der Waals surface area contributed by atoms with Crippen molar-refractivity contribution in [3.05, 3.63) is 94.0 Å². The Hall–Kier alpha value is -2.98. The fourth-order valence-corrected chi connectivity index (χ4v) is 2.78. The van der Waals surface area contributed by atoms with E-state index in [9.17, 15) is 4.79 Å². The van der Waals surface area contributed by atoms with Crippen LogP contribution >= 0.6 is 11.6 Å². The molecule has 0 atom stereocenters. The second-order valence-electron chi connectivity index (χ2n) is 6.22. The zero-order valence-electron chi connectivity index (χ0n) is 14.9. The summed E-state index contributed by atoms with van der Waals surface area (Å²) in [5.74, 6) is -0.152. The van der Waals surface area contributed by atoms with Crippen molar-refractivity contribution in [1.29, 1.82) is 0 Å². The van der Waals surface area contributed by atoms with Crippen molar-refractivity contribution in [2.24, 2.45) is 0 Å². The fraction of sp³-hybridized carbons (Fsp3) is 0.136. The average Bonchev–Trinajstić information content (AvgIpc) is 2.68. The molecule has 3 aromatic carbocycles. The standard InChI is InChI=1S/C22H20ClNO3/c1-15-6-11-19(12-20(15)23)24-13-18-4-2-3-5-21(18)27-14-16-7-9-17(10-8-16)22(25)26/h2-12,24H,13-14H2,1H3,(H,25,26). The monoisotopic (exact) mass is 381 g/mol. The summed E-state index contributed by atoms with van der Waals surface area (Å²) in [7, 11) is 0. The van der Waals surface area contributed by atoms with E-state index in [4.69, 9.17) is 21.4 Å². The fourth-order valence-electron chi connectivity index (χ4n) is 2.60. The number of halogens is 1. The van der Waals surface area contributed by atoms with E-state index in [-0.39, 0.29) is 5.56 Å². The summed E-state index contributed by atoms with van der Waals surface area (Å²) in [6, 6.07) is 20.4. The summed E-state index contributed by atoms with van der Waals surface area (Å²) < 4.78 is 5.94. The van der Waals surface area contributed by atoms with Gasteiger partial charge in [-0.15, -0.1) is 0 Å². The molecule has 0 unspecified atom stereocenters. The molecular formula is C22H20ClNO3. The van der Waals surface area contributed by atoms with Crippen LogP contribution in [0.5, 0.6) is 5.75 Å². The van der Waals surface area contributed by atoms with E-state index in [1.807, 2.05) is 49.4 Å². The molecule has 0 fully saturated rings. The summed E-state index contributed by atoms with van der Waals surface area (Å²) in [6.45, 7) is 2.94. The predicted molar refractivity (Wildman–Crippen MR) is 108 cm³/mol. The first-order valence-corrected chi connectivity index (χ1v) is 8.93. The lowest BCUT2D eigenvalue weighted by Gasteiger charge is -2.13. The van der Waals surface area contributed by atoms with Crippen molar-refractivity contribution >= 4 is 23.3 Å². The summed E-state index contributed by atoms with van der Waals surface area (Å²) >= 11 is 6.17. The predicted octanol–water partition coefficient (Wildman–Crippen LogP) is 5.54. The number of hydrogen-bond donors (Lipinski definition) is 2. The first kappa shape index (κ1) is 18.8. The highest BCUT2D eigenvalue weighted by atomic mass is 35.5. The van der Waals surface area contributed by atoms with Crippen LogP contribution in [0, 0.1) is 6.92 Å². The number of carbonyl (C=O) groups is 1. The van der Waals surface area contributed by atoms with Crippen molar-refractivity contribution in [3.8, 4) is 5.75 Å². The van der Waals surface area contributed by atoms with Crippen LogP contribution in [0.25, 0.3) is 0 Å². The number of aryl methyl sites for hydroxylation is 1. The Morgan fingerprint density at radius 2 is 1.81 bits per heavy atom. The van der Waals surface area contributed by atoms with Crippen molar-refractivity contribution in [2.75, 3.05) is 5.32 Å². The number of para-hydroxylation sites is 1. The Bertz CT molecular complexity index is 939. The van der Waals surface area contributed by atoms with Gasteiger partial charge in [-0.3, -0.25) is 0 Å². The minimum Gasteiger partial charge on any atom is -0.489 e. The Kier molecular flexibility index (Phi) is 5.99. The van der Waals surface area contributed by atoms with Crippen molar-refractivity contribution < 1.29 is 14.6 Å². The number of benzene rings is 3. The molecule has 2 N–H and O–H groups in total. The summed E-state index contributed by atoms with van der Waals surface area (Å²) in [5.41, 5.74) is 4.19. The maximum atomic E-state index is 10.9. The molecular weight excluding hydrogens is 362 g/mol. The number of ether oxygens (including phenoxy) is 1. The lowest BCUT2D eigenvalue weighted by molar-refractivity contribution is 0.0697. The van der Waals surface area contributed by atoms with E-state index < -0.39 is 5.97 Å². The van der Waals surface area contributed by atoms with Crippen LogP contribution in [0.1, 0.15) is 27.0 Å². The van der Waals surface area contributed by atoms with Crippen LogP contribution < -0.4 is 10.1 Å². The van der Waals surface area contributed by atoms with Gasteiger partial charge in [0.15, 0.2) is 0 Å². The van der Waals surface area contributed by atoms with E-state index in [1.165, 1.54) is 0 Å². The third-order valence-electron chi connectivity index (χ3n) is 4.22. The Labute approximate surface area is 163 Å². The zero-order valence-corrected chi connectivity index (χ0v) is 15.7. The van der Waals surface area contributed by atoms with Gasteiger partial charge in [-0.05, 0) is 48.4 Å². The highest BCUT2D eigenvalue weighted by molar-refractivity contribution is 6.31. The lowest BCUT2D eigenvalue weighted by atomic mass is 10.1. The molecule has 0 aliphatic rings. The first-order valence-electron chi connectivity index (χ1n) is 8.56. The minimum atomic E-state index is -0.935. The molecule has 27 heavy (non-hydrogen) atoms. The summed E-state index contributed by atoms with van der Waals surface area (Å²) in [6.07, 6.45) is 0. The molecule has 3 aromatic rings. The molecule has 0 spiro atoms. The lowest BCUT2D eigenvalue weighted by Crippen LogP contribution is -2.04. The Morgan fingerprint density at radius 3 is 2.52 bits per heavy atom. The van der Waals surface area contributed by atoms with Crippen LogP contribution in [0.4, 0.5) is 5.69 Å². The van der Waals surface area contributed by atoms with Crippen LogP contribution in [0.2, 0.25) is 5.02 Å². The molecule has 4 nitrogen and oxygen atoms in total. The second-order valence-corrected chi connectivity index (χ2v) is 6.62. The normalized spacial score (nSPS) is 10.4. The summed E-state index contributed by atoms with van der Waals surface area (Å²) in [4.78, 5) is 10.9. The SMILES string of the molecule is Cc1ccc(NCc2ccccc2OCc2ccc(C(=O)O)cc2)cc1Cl. The number of hydrogen-bond acceptors (Lipinski definition) is 3. The number of carboxylic acids is 1. The van der Waals surface area contributed by atoms with Gasteiger partial charge >= 0.3 is 5.97 Å². The van der Waals surface area contributed by atoms with Gasteiger partial charge in [0, 0.05) is 22.8 Å².